The summed E-state index contributed by atoms with van der Waals surface area (Å²) in [6, 6.07) is 15.0. The molecule has 2 aromatic rings. The van der Waals surface area contributed by atoms with E-state index in [9.17, 15) is 0 Å². The highest BCUT2D eigenvalue weighted by Crippen LogP contribution is 2.34. The van der Waals surface area contributed by atoms with Crippen molar-refractivity contribution in [1.82, 2.24) is 0 Å². The van der Waals surface area contributed by atoms with Crippen LogP contribution in [0.4, 0.5) is 5.69 Å². The second-order valence-corrected chi connectivity index (χ2v) is 4.11. The van der Waals surface area contributed by atoms with Crippen molar-refractivity contribution in [1.29, 1.82) is 0 Å². The summed E-state index contributed by atoms with van der Waals surface area (Å²) in [7, 11) is 0. The topological polar surface area (TPSA) is 12.0 Å². The normalized spacial score (nSPS) is 12.3. The zero-order chi connectivity index (χ0) is 11.0. The maximum absolute atomic E-state index is 3.32. The molecule has 0 spiro atoms. The average molecular weight is 207 g/mol. The Morgan fingerprint density at radius 2 is 1.81 bits per heavy atom. The van der Waals surface area contributed by atoms with E-state index in [1.807, 2.05) is 6.20 Å². The van der Waals surface area contributed by atoms with Crippen molar-refractivity contribution in [2.75, 3.05) is 5.32 Å². The second-order valence-electron chi connectivity index (χ2n) is 4.11. The van der Waals surface area contributed by atoms with E-state index in [4.69, 9.17) is 0 Å². The number of rotatable bonds is 0. The highest BCUT2D eigenvalue weighted by atomic mass is 14.8. The first-order chi connectivity index (χ1) is 7.84. The van der Waals surface area contributed by atoms with E-state index in [0.717, 1.165) is 0 Å². The molecule has 0 atom stereocenters. The number of aryl methyl sites for hydroxylation is 1. The summed E-state index contributed by atoms with van der Waals surface area (Å²) >= 11 is 0. The SMILES string of the molecule is Cc1ccc2c(c1)-c1ccccc1C=CN2. The van der Waals surface area contributed by atoms with Gasteiger partial charge >= 0.3 is 0 Å². The van der Waals surface area contributed by atoms with Crippen LogP contribution < -0.4 is 5.32 Å². The summed E-state index contributed by atoms with van der Waals surface area (Å²) in [5.41, 5.74) is 6.30. The molecule has 3 rings (SSSR count). The van der Waals surface area contributed by atoms with Crippen molar-refractivity contribution in [3.05, 3.63) is 59.8 Å². The van der Waals surface area contributed by atoms with Gasteiger partial charge in [0.05, 0.1) is 0 Å². The molecule has 0 amide bonds. The molecule has 16 heavy (non-hydrogen) atoms. The van der Waals surface area contributed by atoms with Gasteiger partial charge in [0.25, 0.3) is 0 Å². The van der Waals surface area contributed by atoms with Gasteiger partial charge in [-0.05, 0) is 36.3 Å². The fourth-order valence-corrected chi connectivity index (χ4v) is 2.12. The van der Waals surface area contributed by atoms with Gasteiger partial charge < -0.3 is 5.32 Å². The van der Waals surface area contributed by atoms with E-state index in [2.05, 4.69) is 60.8 Å². The Morgan fingerprint density at radius 1 is 0.938 bits per heavy atom. The number of anilines is 1. The Hall–Kier alpha value is -2.02. The van der Waals surface area contributed by atoms with Crippen molar-refractivity contribution < 1.29 is 0 Å². The van der Waals surface area contributed by atoms with Crippen LogP contribution in [0.2, 0.25) is 0 Å². The minimum absolute atomic E-state index is 1.17. The van der Waals surface area contributed by atoms with Crippen molar-refractivity contribution in [2.45, 2.75) is 6.92 Å². The standard InChI is InChI=1S/C15H13N/c1-11-6-7-15-14(10-11)13-5-3-2-4-12(13)8-9-16-15/h2-10,16H,1H3. The van der Waals surface area contributed by atoms with Crippen molar-refractivity contribution in [3.63, 3.8) is 0 Å². The maximum atomic E-state index is 3.32. The average Bonchev–Trinajstić information content (AvgIpc) is 2.48. The Labute approximate surface area is 95.4 Å². The maximum Gasteiger partial charge on any atom is 0.0459 e. The van der Waals surface area contributed by atoms with Gasteiger partial charge in [-0.25, -0.2) is 0 Å². The molecule has 0 aliphatic carbocycles. The molecule has 1 heterocycles. The van der Waals surface area contributed by atoms with Gasteiger partial charge in [0, 0.05) is 17.5 Å². The van der Waals surface area contributed by atoms with E-state index in [0.29, 0.717) is 0 Å². The largest absolute Gasteiger partial charge is 0.361 e. The molecule has 78 valence electrons. The second kappa shape index (κ2) is 3.53. The minimum atomic E-state index is 1.17. The third-order valence-electron chi connectivity index (χ3n) is 2.93. The van der Waals surface area contributed by atoms with Crippen molar-refractivity contribution >= 4 is 11.8 Å². The quantitative estimate of drug-likeness (QED) is 0.687. The molecule has 1 aliphatic heterocycles. The Kier molecular flexibility index (Phi) is 2.03. The van der Waals surface area contributed by atoms with Gasteiger partial charge in [-0.15, -0.1) is 0 Å². The van der Waals surface area contributed by atoms with Crippen LogP contribution in [0.25, 0.3) is 17.2 Å². The fraction of sp³-hybridized carbons (Fsp3) is 0.0667. The lowest BCUT2D eigenvalue weighted by Gasteiger charge is -2.10. The Bertz CT molecular complexity index is 567. The van der Waals surface area contributed by atoms with Gasteiger partial charge in [-0.3, -0.25) is 0 Å². The van der Waals surface area contributed by atoms with E-state index >= 15 is 0 Å². The third kappa shape index (κ3) is 1.41. The zero-order valence-electron chi connectivity index (χ0n) is 9.20. The summed E-state index contributed by atoms with van der Waals surface area (Å²) in [4.78, 5) is 0. The lowest BCUT2D eigenvalue weighted by Crippen LogP contribution is -1.89. The van der Waals surface area contributed by atoms with Crippen LogP contribution in [-0.2, 0) is 0 Å². The minimum Gasteiger partial charge on any atom is -0.361 e. The molecular weight excluding hydrogens is 194 g/mol. The molecular formula is C15H13N. The van der Waals surface area contributed by atoms with E-state index in [-0.39, 0.29) is 0 Å². The van der Waals surface area contributed by atoms with Crippen LogP contribution in [0.3, 0.4) is 0 Å². The van der Waals surface area contributed by atoms with Crippen LogP contribution in [0.1, 0.15) is 11.1 Å². The molecule has 0 radical (unpaired) electrons. The molecule has 1 N–H and O–H groups in total. The molecule has 1 heteroatoms. The number of nitrogens with one attached hydrogen (secondary N) is 1. The van der Waals surface area contributed by atoms with Crippen molar-refractivity contribution in [3.8, 4) is 11.1 Å². The summed E-state index contributed by atoms with van der Waals surface area (Å²) in [6.07, 6.45) is 4.12. The van der Waals surface area contributed by atoms with Crippen LogP contribution >= 0.6 is 0 Å². The first kappa shape index (κ1) is 9.22. The summed E-state index contributed by atoms with van der Waals surface area (Å²) < 4.78 is 0. The van der Waals surface area contributed by atoms with Crippen molar-refractivity contribution in [2.24, 2.45) is 0 Å². The first-order valence-corrected chi connectivity index (χ1v) is 5.48. The summed E-state index contributed by atoms with van der Waals surface area (Å²) in [5, 5.41) is 3.32. The summed E-state index contributed by atoms with van der Waals surface area (Å²) in [6.45, 7) is 2.13. The Balaban J connectivity index is 2.32. The van der Waals surface area contributed by atoms with Gasteiger partial charge in [0.15, 0.2) is 0 Å². The van der Waals surface area contributed by atoms with Crippen LogP contribution in [-0.4, -0.2) is 0 Å². The van der Waals surface area contributed by atoms with E-state index in [1.54, 1.807) is 0 Å². The molecule has 0 saturated carbocycles. The first-order valence-electron chi connectivity index (χ1n) is 5.48. The molecule has 1 aliphatic rings. The van der Waals surface area contributed by atoms with Gasteiger partial charge in [-0.1, -0.05) is 35.9 Å². The van der Waals surface area contributed by atoms with Crippen LogP contribution in [0.5, 0.6) is 0 Å². The predicted molar refractivity (Wildman–Crippen MR) is 69.3 cm³/mol. The van der Waals surface area contributed by atoms with Crippen LogP contribution in [0.15, 0.2) is 48.7 Å². The van der Waals surface area contributed by atoms with E-state index in [1.165, 1.54) is 27.9 Å². The summed E-state index contributed by atoms with van der Waals surface area (Å²) in [5.74, 6) is 0. The molecule has 1 nitrogen and oxygen atoms in total. The molecule has 0 bridgehead atoms. The lowest BCUT2D eigenvalue weighted by atomic mass is 9.97. The predicted octanol–water partition coefficient (Wildman–Crippen LogP) is 4.06. The molecule has 0 unspecified atom stereocenters. The third-order valence-corrected chi connectivity index (χ3v) is 2.93. The number of fused-ring (bicyclic) bond motifs is 3. The Morgan fingerprint density at radius 3 is 2.75 bits per heavy atom. The van der Waals surface area contributed by atoms with E-state index < -0.39 is 0 Å². The number of hydrogen-bond acceptors (Lipinski definition) is 1. The molecule has 0 fully saturated rings. The number of benzene rings is 2. The fourth-order valence-electron chi connectivity index (χ4n) is 2.12. The molecule has 0 aromatic heterocycles. The van der Waals surface area contributed by atoms with Gasteiger partial charge in [0.2, 0.25) is 0 Å². The molecule has 2 aromatic carbocycles. The molecule has 0 saturated heterocycles. The highest BCUT2D eigenvalue weighted by Gasteiger charge is 2.09. The number of hydrogen-bond donors (Lipinski definition) is 1. The van der Waals surface area contributed by atoms with Gasteiger partial charge in [0.1, 0.15) is 0 Å². The van der Waals surface area contributed by atoms with Gasteiger partial charge in [-0.2, -0.15) is 0 Å². The van der Waals surface area contributed by atoms with Crippen LogP contribution in [0, 0.1) is 6.92 Å². The smallest absolute Gasteiger partial charge is 0.0459 e. The highest BCUT2D eigenvalue weighted by molar-refractivity contribution is 5.87. The lowest BCUT2D eigenvalue weighted by molar-refractivity contribution is 1.46. The monoisotopic (exact) mass is 207 g/mol. The zero-order valence-corrected chi connectivity index (χ0v) is 9.20.